The van der Waals surface area contributed by atoms with E-state index < -0.39 is 0 Å². The maximum atomic E-state index is 5.72. The number of rotatable bonds is 3. The number of aryl methyl sites for hydroxylation is 1. The molecule has 3 heterocycles. The van der Waals surface area contributed by atoms with Gasteiger partial charge in [-0.05, 0) is 54.6 Å². The molecule has 0 amide bonds. The van der Waals surface area contributed by atoms with Crippen LogP contribution in [0.25, 0.3) is 9.40 Å². The van der Waals surface area contributed by atoms with Crippen LogP contribution in [-0.4, -0.2) is 13.7 Å². The van der Waals surface area contributed by atoms with E-state index in [-0.39, 0.29) is 6.04 Å². The predicted molar refractivity (Wildman–Crippen MR) is 90.9 cm³/mol. The van der Waals surface area contributed by atoms with Gasteiger partial charge in [0.25, 0.3) is 0 Å². The molecule has 2 aromatic heterocycles. The summed E-state index contributed by atoms with van der Waals surface area (Å²) in [6.45, 7) is 0.850. The van der Waals surface area contributed by atoms with Gasteiger partial charge in [-0.1, -0.05) is 12.1 Å². The van der Waals surface area contributed by atoms with Crippen LogP contribution in [0.3, 0.4) is 0 Å². The first-order valence-electron chi connectivity index (χ1n) is 7.25. The molecule has 4 heteroatoms. The van der Waals surface area contributed by atoms with E-state index in [1.54, 1.807) is 0 Å². The molecule has 0 saturated carbocycles. The smallest absolute Gasteiger partial charge is 0.122 e. The van der Waals surface area contributed by atoms with Crippen molar-refractivity contribution in [3.63, 3.8) is 0 Å². The second kappa shape index (κ2) is 5.44. The van der Waals surface area contributed by atoms with E-state index in [4.69, 9.17) is 4.74 Å². The van der Waals surface area contributed by atoms with Crippen LogP contribution in [0, 0.1) is 0 Å². The van der Waals surface area contributed by atoms with E-state index in [1.165, 1.54) is 25.4 Å². The monoisotopic (exact) mass is 315 g/mol. The van der Waals surface area contributed by atoms with Gasteiger partial charge in [0, 0.05) is 14.3 Å². The van der Waals surface area contributed by atoms with E-state index in [0.717, 1.165) is 25.2 Å². The fourth-order valence-corrected chi connectivity index (χ4v) is 5.22. The number of thiophene rings is 2. The highest BCUT2D eigenvalue weighted by molar-refractivity contribution is 7.27. The highest BCUT2D eigenvalue weighted by atomic mass is 32.1. The van der Waals surface area contributed by atoms with Gasteiger partial charge < -0.3 is 10.1 Å². The van der Waals surface area contributed by atoms with Crippen LogP contribution in [-0.2, 0) is 6.42 Å². The highest BCUT2D eigenvalue weighted by Crippen LogP contribution is 2.37. The maximum Gasteiger partial charge on any atom is 0.122 e. The Kier molecular flexibility index (Phi) is 3.45. The standard InChI is InChI=1S/C17H17NOS2/c1-18-17(16-10-15-14(21-16)6-8-20-15)12-4-5-13-11(9-12)3-2-7-19-13/h4-6,8-10,17-18H,2-3,7H2,1H3. The lowest BCUT2D eigenvalue weighted by Gasteiger charge is -2.21. The van der Waals surface area contributed by atoms with Crippen molar-refractivity contribution in [2.24, 2.45) is 0 Å². The molecule has 0 saturated heterocycles. The molecule has 0 radical (unpaired) electrons. The molecular formula is C17H17NOS2. The Morgan fingerprint density at radius 2 is 2.14 bits per heavy atom. The topological polar surface area (TPSA) is 21.3 Å². The summed E-state index contributed by atoms with van der Waals surface area (Å²) in [7, 11) is 2.04. The molecule has 0 spiro atoms. The van der Waals surface area contributed by atoms with Crippen LogP contribution in [0.4, 0.5) is 0 Å². The van der Waals surface area contributed by atoms with Crippen molar-refractivity contribution in [3.05, 3.63) is 51.7 Å². The molecule has 2 nitrogen and oxygen atoms in total. The number of hydrogen-bond acceptors (Lipinski definition) is 4. The number of hydrogen-bond donors (Lipinski definition) is 1. The largest absolute Gasteiger partial charge is 0.493 e. The molecular weight excluding hydrogens is 298 g/mol. The Hall–Kier alpha value is -1.36. The zero-order valence-corrected chi connectivity index (χ0v) is 13.5. The second-order valence-corrected chi connectivity index (χ2v) is 7.40. The van der Waals surface area contributed by atoms with E-state index in [1.807, 2.05) is 29.7 Å². The van der Waals surface area contributed by atoms with Crippen LogP contribution in [0.15, 0.2) is 35.7 Å². The van der Waals surface area contributed by atoms with Crippen LogP contribution >= 0.6 is 22.7 Å². The number of fused-ring (bicyclic) bond motifs is 2. The minimum Gasteiger partial charge on any atom is -0.493 e. The molecule has 21 heavy (non-hydrogen) atoms. The van der Waals surface area contributed by atoms with Gasteiger partial charge in [-0.25, -0.2) is 0 Å². The molecule has 1 aromatic carbocycles. The highest BCUT2D eigenvalue weighted by Gasteiger charge is 2.18. The van der Waals surface area contributed by atoms with Gasteiger partial charge in [0.05, 0.1) is 12.6 Å². The molecule has 1 N–H and O–H groups in total. The minimum absolute atomic E-state index is 0.266. The van der Waals surface area contributed by atoms with E-state index in [9.17, 15) is 0 Å². The van der Waals surface area contributed by atoms with Gasteiger partial charge in [-0.15, -0.1) is 22.7 Å². The van der Waals surface area contributed by atoms with Crippen molar-refractivity contribution in [1.29, 1.82) is 0 Å². The Morgan fingerprint density at radius 3 is 3.00 bits per heavy atom. The summed E-state index contributed by atoms with van der Waals surface area (Å²) < 4.78 is 8.49. The van der Waals surface area contributed by atoms with Crippen molar-refractivity contribution in [3.8, 4) is 5.75 Å². The lowest BCUT2D eigenvalue weighted by Crippen LogP contribution is -2.17. The Bertz CT molecular complexity index is 746. The number of nitrogens with one attached hydrogen (secondary N) is 1. The van der Waals surface area contributed by atoms with Gasteiger partial charge in [0.2, 0.25) is 0 Å². The third-order valence-corrected chi connectivity index (χ3v) is 6.16. The van der Waals surface area contributed by atoms with Crippen molar-refractivity contribution >= 4 is 32.1 Å². The van der Waals surface area contributed by atoms with Gasteiger partial charge in [-0.3, -0.25) is 0 Å². The Morgan fingerprint density at radius 1 is 1.19 bits per heavy atom. The zero-order valence-electron chi connectivity index (χ0n) is 11.9. The molecule has 1 atom stereocenters. The van der Waals surface area contributed by atoms with E-state index >= 15 is 0 Å². The summed E-state index contributed by atoms with van der Waals surface area (Å²) in [6.07, 6.45) is 2.24. The van der Waals surface area contributed by atoms with Gasteiger partial charge >= 0.3 is 0 Å². The van der Waals surface area contributed by atoms with E-state index in [2.05, 4.69) is 41.0 Å². The molecule has 4 rings (SSSR count). The third kappa shape index (κ3) is 2.37. The molecule has 1 aliphatic rings. The van der Waals surface area contributed by atoms with Gasteiger partial charge in [0.15, 0.2) is 0 Å². The predicted octanol–water partition coefficient (Wildman–Crippen LogP) is 4.60. The second-order valence-electron chi connectivity index (χ2n) is 5.34. The lowest BCUT2D eigenvalue weighted by atomic mass is 9.98. The Balaban J connectivity index is 1.73. The average molecular weight is 315 g/mol. The molecule has 0 fully saturated rings. The van der Waals surface area contributed by atoms with Crippen molar-refractivity contribution in [1.82, 2.24) is 5.32 Å². The van der Waals surface area contributed by atoms with Gasteiger partial charge in [0.1, 0.15) is 5.75 Å². The summed E-state index contributed by atoms with van der Waals surface area (Å²) in [5, 5.41) is 5.63. The average Bonchev–Trinajstić information content (AvgIpc) is 3.09. The fourth-order valence-electron chi connectivity index (χ4n) is 2.96. The molecule has 108 valence electrons. The summed E-state index contributed by atoms with van der Waals surface area (Å²) >= 11 is 3.70. The van der Waals surface area contributed by atoms with Crippen molar-refractivity contribution < 1.29 is 4.74 Å². The zero-order chi connectivity index (χ0) is 14.2. The minimum atomic E-state index is 0.266. The SMILES string of the molecule is CNC(c1ccc2c(c1)CCCO2)c1cc2sccc2s1. The Labute approximate surface area is 132 Å². The molecule has 3 aromatic rings. The van der Waals surface area contributed by atoms with Gasteiger partial charge in [-0.2, -0.15) is 0 Å². The molecule has 0 bridgehead atoms. The first kappa shape index (κ1) is 13.3. The molecule has 1 aliphatic heterocycles. The lowest BCUT2D eigenvalue weighted by molar-refractivity contribution is 0.288. The van der Waals surface area contributed by atoms with E-state index in [0.29, 0.717) is 0 Å². The van der Waals surface area contributed by atoms with Crippen LogP contribution in [0.2, 0.25) is 0 Å². The quantitative estimate of drug-likeness (QED) is 0.763. The molecule has 0 aliphatic carbocycles. The van der Waals surface area contributed by atoms with Crippen molar-refractivity contribution in [2.75, 3.05) is 13.7 Å². The first-order valence-corrected chi connectivity index (χ1v) is 8.94. The molecule has 1 unspecified atom stereocenters. The summed E-state index contributed by atoms with van der Waals surface area (Å²) in [5.41, 5.74) is 2.67. The normalized spacial score (nSPS) is 15.7. The fraction of sp³-hybridized carbons (Fsp3) is 0.294. The maximum absolute atomic E-state index is 5.72. The van der Waals surface area contributed by atoms with Crippen LogP contribution in [0.5, 0.6) is 5.75 Å². The first-order chi connectivity index (χ1) is 10.3. The summed E-state index contributed by atoms with van der Waals surface area (Å²) in [4.78, 5) is 1.39. The van der Waals surface area contributed by atoms with Crippen LogP contribution in [0.1, 0.15) is 28.5 Å². The van der Waals surface area contributed by atoms with Crippen LogP contribution < -0.4 is 10.1 Å². The summed E-state index contributed by atoms with van der Waals surface area (Å²) in [5.74, 6) is 1.06. The van der Waals surface area contributed by atoms with Crippen molar-refractivity contribution in [2.45, 2.75) is 18.9 Å². The number of benzene rings is 1. The third-order valence-electron chi connectivity index (χ3n) is 4.00. The summed E-state index contributed by atoms with van der Waals surface area (Å²) in [6, 6.07) is 11.4. The number of ether oxygens (including phenoxy) is 1.